The quantitative estimate of drug-likeness (QED) is 0.843. The average Bonchev–Trinajstić information content (AvgIpc) is 2.61. The van der Waals surface area contributed by atoms with Crippen LogP contribution in [0.2, 0.25) is 0 Å². The molecule has 1 atom stereocenters. The number of hydrogen-bond acceptors (Lipinski definition) is 2. The third kappa shape index (κ3) is 2.43. The summed E-state index contributed by atoms with van der Waals surface area (Å²) in [5.41, 5.74) is 1.18. The molecule has 16 heavy (non-hydrogen) atoms. The van der Waals surface area contributed by atoms with Gasteiger partial charge in [0.25, 0.3) is 0 Å². The molecule has 0 radical (unpaired) electrons. The Bertz CT molecular complexity index is 462. The van der Waals surface area contributed by atoms with Crippen molar-refractivity contribution in [1.82, 2.24) is 9.47 Å². The van der Waals surface area contributed by atoms with E-state index in [1.54, 1.807) is 0 Å². The van der Waals surface area contributed by atoms with E-state index in [9.17, 15) is 5.11 Å². The Balaban J connectivity index is 2.15. The van der Waals surface area contributed by atoms with E-state index in [2.05, 4.69) is 22.8 Å². The normalized spacial score (nSPS) is 13.5. The molecule has 2 aromatic rings. The van der Waals surface area contributed by atoms with Crippen LogP contribution in [0.1, 0.15) is 0 Å². The fourth-order valence-corrected chi connectivity index (χ4v) is 2.01. The van der Waals surface area contributed by atoms with Gasteiger partial charge in [0.2, 0.25) is 0 Å². The summed E-state index contributed by atoms with van der Waals surface area (Å²) in [7, 11) is 3.94. The first kappa shape index (κ1) is 11.2. The molecule has 2 rings (SSSR count). The molecule has 1 unspecified atom stereocenters. The van der Waals surface area contributed by atoms with E-state index in [4.69, 9.17) is 0 Å². The maximum Gasteiger partial charge on any atom is 0.0845 e. The average molecular weight is 218 g/mol. The number of aliphatic hydroxyl groups excluding tert-OH is 1. The van der Waals surface area contributed by atoms with Crippen LogP contribution in [0.5, 0.6) is 0 Å². The van der Waals surface area contributed by atoms with E-state index in [1.807, 2.05) is 37.3 Å². The van der Waals surface area contributed by atoms with Crippen LogP contribution >= 0.6 is 0 Å². The van der Waals surface area contributed by atoms with Gasteiger partial charge in [-0.05, 0) is 31.6 Å². The highest BCUT2D eigenvalue weighted by Crippen LogP contribution is 2.15. The van der Waals surface area contributed by atoms with Crippen molar-refractivity contribution in [3.05, 3.63) is 36.5 Å². The fraction of sp³-hybridized carbons (Fsp3) is 0.385. The number of aliphatic hydroxyl groups is 1. The van der Waals surface area contributed by atoms with Crippen LogP contribution in [0, 0.1) is 0 Å². The maximum absolute atomic E-state index is 9.89. The molecule has 0 amide bonds. The van der Waals surface area contributed by atoms with Crippen molar-refractivity contribution in [3.8, 4) is 0 Å². The van der Waals surface area contributed by atoms with Crippen LogP contribution < -0.4 is 0 Å². The van der Waals surface area contributed by atoms with Crippen molar-refractivity contribution >= 4 is 10.9 Å². The van der Waals surface area contributed by atoms with E-state index >= 15 is 0 Å². The number of benzene rings is 1. The highest BCUT2D eigenvalue weighted by Gasteiger charge is 2.08. The van der Waals surface area contributed by atoms with Gasteiger partial charge in [0, 0.05) is 24.8 Å². The minimum absolute atomic E-state index is 0.328. The van der Waals surface area contributed by atoms with Gasteiger partial charge in [-0.2, -0.15) is 0 Å². The van der Waals surface area contributed by atoms with Crippen molar-refractivity contribution in [3.63, 3.8) is 0 Å². The van der Waals surface area contributed by atoms with Crippen LogP contribution in [0.3, 0.4) is 0 Å². The summed E-state index contributed by atoms with van der Waals surface area (Å²) in [6.07, 6.45) is 1.70. The summed E-state index contributed by atoms with van der Waals surface area (Å²) in [6, 6.07) is 10.3. The number of fused-ring (bicyclic) bond motifs is 1. The van der Waals surface area contributed by atoms with Crippen LogP contribution in [0.15, 0.2) is 36.5 Å². The second kappa shape index (κ2) is 4.68. The summed E-state index contributed by atoms with van der Waals surface area (Å²) in [6.45, 7) is 1.33. The minimum Gasteiger partial charge on any atom is -0.390 e. The summed E-state index contributed by atoms with van der Waals surface area (Å²) >= 11 is 0. The molecular weight excluding hydrogens is 200 g/mol. The van der Waals surface area contributed by atoms with E-state index in [0.29, 0.717) is 13.1 Å². The first-order valence-corrected chi connectivity index (χ1v) is 5.53. The smallest absolute Gasteiger partial charge is 0.0845 e. The Morgan fingerprint density at radius 2 is 2.00 bits per heavy atom. The predicted octanol–water partition coefficient (Wildman–Crippen LogP) is 1.56. The van der Waals surface area contributed by atoms with Gasteiger partial charge in [-0.3, -0.25) is 0 Å². The summed E-state index contributed by atoms with van der Waals surface area (Å²) in [5, 5.41) is 11.1. The van der Waals surface area contributed by atoms with Crippen molar-refractivity contribution in [2.75, 3.05) is 20.6 Å². The molecule has 1 heterocycles. The van der Waals surface area contributed by atoms with Gasteiger partial charge in [-0.1, -0.05) is 18.2 Å². The summed E-state index contributed by atoms with van der Waals surface area (Å²) < 4.78 is 2.10. The third-order valence-corrected chi connectivity index (χ3v) is 2.66. The number of aromatic nitrogens is 1. The van der Waals surface area contributed by atoms with Gasteiger partial charge in [0.1, 0.15) is 0 Å². The predicted molar refractivity (Wildman–Crippen MR) is 66.5 cm³/mol. The fourth-order valence-electron chi connectivity index (χ4n) is 2.01. The maximum atomic E-state index is 9.89. The summed E-state index contributed by atoms with van der Waals surface area (Å²) in [4.78, 5) is 2.00. The van der Waals surface area contributed by atoms with Crippen molar-refractivity contribution in [2.45, 2.75) is 12.6 Å². The zero-order valence-electron chi connectivity index (χ0n) is 9.80. The highest BCUT2D eigenvalue weighted by atomic mass is 16.3. The largest absolute Gasteiger partial charge is 0.390 e. The van der Waals surface area contributed by atoms with Gasteiger partial charge < -0.3 is 14.6 Å². The standard InChI is InChI=1S/C13H18N2O/c1-14(2)9-12(16)10-15-8-7-11-5-3-4-6-13(11)15/h3-8,12,16H,9-10H2,1-2H3. The molecule has 86 valence electrons. The second-order valence-corrected chi connectivity index (χ2v) is 4.44. The topological polar surface area (TPSA) is 28.4 Å². The number of rotatable bonds is 4. The number of para-hydroxylation sites is 1. The van der Waals surface area contributed by atoms with Crippen LogP contribution in [-0.2, 0) is 6.54 Å². The Hall–Kier alpha value is -1.32. The first-order chi connectivity index (χ1) is 7.66. The monoisotopic (exact) mass is 218 g/mol. The zero-order valence-corrected chi connectivity index (χ0v) is 9.80. The van der Waals surface area contributed by atoms with Crippen LogP contribution in [0.25, 0.3) is 10.9 Å². The van der Waals surface area contributed by atoms with Crippen molar-refractivity contribution < 1.29 is 5.11 Å². The van der Waals surface area contributed by atoms with Gasteiger partial charge in [-0.15, -0.1) is 0 Å². The van der Waals surface area contributed by atoms with Crippen LogP contribution in [-0.4, -0.2) is 41.3 Å². The molecule has 0 saturated heterocycles. The molecule has 0 bridgehead atoms. The van der Waals surface area contributed by atoms with E-state index < -0.39 is 0 Å². The Morgan fingerprint density at radius 1 is 1.25 bits per heavy atom. The molecule has 0 fully saturated rings. The molecule has 1 aromatic carbocycles. The number of hydrogen-bond donors (Lipinski definition) is 1. The Labute approximate surface area is 95.9 Å². The number of nitrogens with zero attached hydrogens (tertiary/aromatic N) is 2. The van der Waals surface area contributed by atoms with E-state index in [1.165, 1.54) is 10.9 Å². The van der Waals surface area contributed by atoms with E-state index in [0.717, 1.165) is 0 Å². The lowest BCUT2D eigenvalue weighted by atomic mass is 10.2. The van der Waals surface area contributed by atoms with E-state index in [-0.39, 0.29) is 6.10 Å². The molecule has 0 aliphatic rings. The zero-order chi connectivity index (χ0) is 11.5. The lowest BCUT2D eigenvalue weighted by Gasteiger charge is -2.17. The molecule has 1 N–H and O–H groups in total. The van der Waals surface area contributed by atoms with Crippen LogP contribution in [0.4, 0.5) is 0 Å². The molecule has 1 aromatic heterocycles. The van der Waals surface area contributed by atoms with Crippen molar-refractivity contribution in [2.24, 2.45) is 0 Å². The second-order valence-electron chi connectivity index (χ2n) is 4.44. The van der Waals surface area contributed by atoms with Gasteiger partial charge >= 0.3 is 0 Å². The molecule has 3 nitrogen and oxygen atoms in total. The molecule has 0 spiro atoms. The molecule has 3 heteroatoms. The van der Waals surface area contributed by atoms with Crippen molar-refractivity contribution in [1.29, 1.82) is 0 Å². The number of likely N-dealkylation sites (N-methyl/N-ethyl adjacent to an activating group) is 1. The Morgan fingerprint density at radius 3 is 2.75 bits per heavy atom. The Kier molecular flexibility index (Phi) is 3.27. The third-order valence-electron chi connectivity index (χ3n) is 2.66. The molecule has 0 saturated carbocycles. The lowest BCUT2D eigenvalue weighted by Crippen LogP contribution is -2.29. The summed E-state index contributed by atoms with van der Waals surface area (Å²) in [5.74, 6) is 0. The van der Waals surface area contributed by atoms with Gasteiger partial charge in [0.05, 0.1) is 6.10 Å². The molecule has 0 aliphatic carbocycles. The lowest BCUT2D eigenvalue weighted by molar-refractivity contribution is 0.121. The van der Waals surface area contributed by atoms with Gasteiger partial charge in [0.15, 0.2) is 0 Å². The highest BCUT2D eigenvalue weighted by molar-refractivity contribution is 5.79. The molecule has 0 aliphatic heterocycles. The minimum atomic E-state index is -0.328. The first-order valence-electron chi connectivity index (χ1n) is 5.53. The van der Waals surface area contributed by atoms with Gasteiger partial charge in [-0.25, -0.2) is 0 Å². The molecular formula is C13H18N2O. The SMILES string of the molecule is CN(C)CC(O)Cn1ccc2ccccc21.